The molecule has 4 nitrogen and oxygen atoms in total. The molecule has 20 heavy (non-hydrogen) atoms. The average molecular weight is 340 g/mol. The van der Waals surface area contributed by atoms with Gasteiger partial charge in [0.2, 0.25) is 0 Å². The second kappa shape index (κ2) is 6.39. The summed E-state index contributed by atoms with van der Waals surface area (Å²) in [5.74, 6) is 0.811. The molecule has 0 aliphatic carbocycles. The molecule has 1 unspecified atom stereocenters. The van der Waals surface area contributed by atoms with Crippen molar-refractivity contribution in [1.82, 2.24) is 4.90 Å². The zero-order valence-electron chi connectivity index (χ0n) is 11.7. The van der Waals surface area contributed by atoms with Crippen LogP contribution in [-0.2, 0) is 4.79 Å². The van der Waals surface area contributed by atoms with Crippen molar-refractivity contribution in [3.05, 3.63) is 28.2 Å². The summed E-state index contributed by atoms with van der Waals surface area (Å²) in [6.07, 6.45) is 2.31. The Balaban J connectivity index is 2.18. The number of ketones is 1. The van der Waals surface area contributed by atoms with Gasteiger partial charge in [0.05, 0.1) is 11.6 Å². The Morgan fingerprint density at radius 1 is 1.45 bits per heavy atom. The minimum Gasteiger partial charge on any atom is -0.496 e. The van der Waals surface area contributed by atoms with E-state index in [1.807, 2.05) is 4.90 Å². The highest BCUT2D eigenvalue weighted by molar-refractivity contribution is 9.10. The van der Waals surface area contributed by atoms with E-state index < -0.39 is 0 Å². The molecular weight excluding hydrogens is 322 g/mol. The Labute approximate surface area is 127 Å². The number of amides is 1. The lowest BCUT2D eigenvalue weighted by molar-refractivity contribution is -0.117. The predicted octanol–water partition coefficient (Wildman–Crippen LogP) is 3.04. The number of rotatable bonds is 4. The van der Waals surface area contributed by atoms with E-state index in [1.165, 1.54) is 0 Å². The van der Waals surface area contributed by atoms with Gasteiger partial charge in [-0.05, 0) is 53.9 Å². The van der Waals surface area contributed by atoms with Crippen LogP contribution in [0, 0.1) is 0 Å². The van der Waals surface area contributed by atoms with Crippen molar-refractivity contribution < 1.29 is 14.3 Å². The van der Waals surface area contributed by atoms with Gasteiger partial charge in [0.1, 0.15) is 11.5 Å². The summed E-state index contributed by atoms with van der Waals surface area (Å²) >= 11 is 3.39. The number of hydrogen-bond acceptors (Lipinski definition) is 3. The highest BCUT2D eigenvalue weighted by Gasteiger charge is 2.30. The van der Waals surface area contributed by atoms with Gasteiger partial charge in [-0.25, -0.2) is 0 Å². The van der Waals surface area contributed by atoms with Crippen molar-refractivity contribution in [2.45, 2.75) is 32.2 Å². The number of hydrogen-bond donors (Lipinski definition) is 0. The molecule has 108 valence electrons. The fraction of sp³-hybridized carbons (Fsp3) is 0.467. The summed E-state index contributed by atoms with van der Waals surface area (Å²) in [6, 6.07) is 5.34. The van der Waals surface area contributed by atoms with Crippen LogP contribution in [0.1, 0.15) is 36.5 Å². The maximum absolute atomic E-state index is 12.5. The van der Waals surface area contributed by atoms with Gasteiger partial charge in [0.25, 0.3) is 5.91 Å². The monoisotopic (exact) mass is 339 g/mol. The van der Waals surface area contributed by atoms with Crippen LogP contribution in [-0.4, -0.2) is 36.3 Å². The molecule has 1 amide bonds. The van der Waals surface area contributed by atoms with Crippen LogP contribution in [0.2, 0.25) is 0 Å². The van der Waals surface area contributed by atoms with Crippen LogP contribution in [0.3, 0.4) is 0 Å². The van der Waals surface area contributed by atoms with Gasteiger partial charge in [-0.3, -0.25) is 9.59 Å². The van der Waals surface area contributed by atoms with Crippen molar-refractivity contribution in [2.75, 3.05) is 13.7 Å². The number of benzene rings is 1. The van der Waals surface area contributed by atoms with Crippen LogP contribution in [0.4, 0.5) is 0 Å². The Hall–Kier alpha value is -1.36. The summed E-state index contributed by atoms with van der Waals surface area (Å²) in [5.41, 5.74) is 0.619. The molecule has 1 saturated heterocycles. The molecule has 1 fully saturated rings. The van der Waals surface area contributed by atoms with Crippen LogP contribution >= 0.6 is 15.9 Å². The normalized spacial score (nSPS) is 18.1. The van der Waals surface area contributed by atoms with E-state index in [-0.39, 0.29) is 17.7 Å². The molecule has 1 aliphatic heterocycles. The van der Waals surface area contributed by atoms with Crippen molar-refractivity contribution in [1.29, 1.82) is 0 Å². The van der Waals surface area contributed by atoms with Crippen molar-refractivity contribution in [2.24, 2.45) is 0 Å². The lowest BCUT2D eigenvalue weighted by atomic mass is 10.1. The first-order chi connectivity index (χ1) is 9.52. The average Bonchev–Trinajstić information content (AvgIpc) is 2.85. The molecule has 1 aromatic carbocycles. The fourth-order valence-corrected chi connectivity index (χ4v) is 3.15. The second-order valence-electron chi connectivity index (χ2n) is 5.05. The third-order valence-electron chi connectivity index (χ3n) is 3.56. The van der Waals surface area contributed by atoms with E-state index in [9.17, 15) is 9.59 Å². The van der Waals surface area contributed by atoms with Gasteiger partial charge in [-0.2, -0.15) is 0 Å². The molecule has 0 N–H and O–H groups in total. The van der Waals surface area contributed by atoms with Gasteiger partial charge < -0.3 is 9.64 Å². The maximum Gasteiger partial charge on any atom is 0.254 e. The number of halogens is 1. The Morgan fingerprint density at radius 2 is 2.20 bits per heavy atom. The molecule has 2 rings (SSSR count). The smallest absolute Gasteiger partial charge is 0.254 e. The summed E-state index contributed by atoms with van der Waals surface area (Å²) < 4.78 is 5.92. The summed E-state index contributed by atoms with van der Waals surface area (Å²) in [7, 11) is 1.59. The van der Waals surface area contributed by atoms with Gasteiger partial charge >= 0.3 is 0 Å². The van der Waals surface area contributed by atoms with E-state index in [2.05, 4.69) is 15.9 Å². The van der Waals surface area contributed by atoms with E-state index >= 15 is 0 Å². The zero-order valence-corrected chi connectivity index (χ0v) is 13.3. The minimum atomic E-state index is -0.0166. The molecule has 1 aromatic rings. The SMILES string of the molecule is COc1ccc(C(=O)N2CCCC2CC(C)=O)cc1Br. The highest BCUT2D eigenvalue weighted by Crippen LogP contribution is 2.28. The molecule has 5 heteroatoms. The molecule has 0 aromatic heterocycles. The van der Waals surface area contributed by atoms with Crippen molar-refractivity contribution >= 4 is 27.6 Å². The molecule has 0 radical (unpaired) electrons. The van der Waals surface area contributed by atoms with Crippen LogP contribution in [0.25, 0.3) is 0 Å². The zero-order chi connectivity index (χ0) is 14.7. The molecule has 1 aliphatic rings. The molecular formula is C15H18BrNO3. The van der Waals surface area contributed by atoms with Crippen molar-refractivity contribution in [3.8, 4) is 5.75 Å². The number of ether oxygens (including phenoxy) is 1. The topological polar surface area (TPSA) is 46.6 Å². The summed E-state index contributed by atoms with van der Waals surface area (Å²) in [5, 5.41) is 0. The largest absolute Gasteiger partial charge is 0.496 e. The highest BCUT2D eigenvalue weighted by atomic mass is 79.9. The van der Waals surface area contributed by atoms with E-state index in [1.54, 1.807) is 32.2 Å². The first-order valence-corrected chi connectivity index (χ1v) is 7.46. The lowest BCUT2D eigenvalue weighted by Gasteiger charge is -2.24. The third kappa shape index (κ3) is 3.20. The van der Waals surface area contributed by atoms with Gasteiger partial charge in [-0.15, -0.1) is 0 Å². The molecule has 1 atom stereocenters. The molecule has 0 bridgehead atoms. The Morgan fingerprint density at radius 3 is 2.80 bits per heavy atom. The van der Waals surface area contributed by atoms with Crippen LogP contribution < -0.4 is 4.74 Å². The Bertz CT molecular complexity index is 530. The first kappa shape index (κ1) is 15.0. The lowest BCUT2D eigenvalue weighted by Crippen LogP contribution is -2.36. The third-order valence-corrected chi connectivity index (χ3v) is 4.18. The van der Waals surface area contributed by atoms with Gasteiger partial charge in [0.15, 0.2) is 0 Å². The number of methoxy groups -OCH3 is 1. The first-order valence-electron chi connectivity index (χ1n) is 6.67. The number of Topliss-reactive ketones (excluding diaryl/α,β-unsaturated/α-hetero) is 1. The summed E-state index contributed by atoms with van der Waals surface area (Å²) in [4.78, 5) is 25.6. The molecule has 0 spiro atoms. The molecule has 1 heterocycles. The standard InChI is InChI=1S/C15H18BrNO3/c1-10(18)8-12-4-3-7-17(12)15(19)11-5-6-14(20-2)13(16)9-11/h5-6,9,12H,3-4,7-8H2,1-2H3. The number of nitrogens with zero attached hydrogens (tertiary/aromatic N) is 1. The number of carbonyl (C=O) groups is 2. The van der Waals surface area contributed by atoms with E-state index in [0.717, 1.165) is 23.9 Å². The quantitative estimate of drug-likeness (QED) is 0.846. The minimum absolute atomic E-state index is 0.0166. The second-order valence-corrected chi connectivity index (χ2v) is 5.90. The maximum atomic E-state index is 12.5. The van der Waals surface area contributed by atoms with Gasteiger partial charge in [-0.1, -0.05) is 0 Å². The van der Waals surface area contributed by atoms with E-state index in [0.29, 0.717) is 17.7 Å². The Kier molecular flexibility index (Phi) is 4.81. The van der Waals surface area contributed by atoms with Crippen LogP contribution in [0.5, 0.6) is 5.75 Å². The number of carbonyl (C=O) groups excluding carboxylic acids is 2. The fourth-order valence-electron chi connectivity index (χ4n) is 2.61. The molecule has 0 saturated carbocycles. The van der Waals surface area contributed by atoms with E-state index in [4.69, 9.17) is 4.74 Å². The number of likely N-dealkylation sites (tertiary alicyclic amines) is 1. The van der Waals surface area contributed by atoms with Crippen molar-refractivity contribution in [3.63, 3.8) is 0 Å². The van der Waals surface area contributed by atoms with Crippen LogP contribution in [0.15, 0.2) is 22.7 Å². The van der Waals surface area contributed by atoms with Gasteiger partial charge in [0, 0.05) is 24.6 Å². The summed E-state index contributed by atoms with van der Waals surface area (Å²) in [6.45, 7) is 2.30. The predicted molar refractivity (Wildman–Crippen MR) is 80.1 cm³/mol.